The molecule has 156 valence electrons. The van der Waals surface area contributed by atoms with E-state index in [-0.39, 0.29) is 17.9 Å². The normalized spacial score (nSPS) is 15.8. The number of aryl methyl sites for hydroxylation is 2. The number of hydrogen-bond donors (Lipinski definition) is 1. The number of piperidine rings is 1. The fourth-order valence-corrected chi connectivity index (χ4v) is 3.97. The lowest BCUT2D eigenvalue weighted by Crippen LogP contribution is -2.41. The Hall–Kier alpha value is -3.22. The summed E-state index contributed by atoms with van der Waals surface area (Å²) >= 11 is 0. The first-order chi connectivity index (χ1) is 14.5. The predicted molar refractivity (Wildman–Crippen MR) is 117 cm³/mol. The zero-order chi connectivity index (χ0) is 21.1. The van der Waals surface area contributed by atoms with Gasteiger partial charge in [0, 0.05) is 37.0 Å². The van der Waals surface area contributed by atoms with Crippen LogP contribution in [0.2, 0.25) is 0 Å². The molecular formula is C23H28N6O. The summed E-state index contributed by atoms with van der Waals surface area (Å²) in [4.78, 5) is 24.1. The van der Waals surface area contributed by atoms with Gasteiger partial charge in [-0.1, -0.05) is 30.3 Å². The topological polar surface area (TPSA) is 75.9 Å². The van der Waals surface area contributed by atoms with Crippen LogP contribution in [-0.4, -0.2) is 38.7 Å². The van der Waals surface area contributed by atoms with E-state index < -0.39 is 0 Å². The molecule has 3 heterocycles. The molecule has 4 rings (SSSR count). The van der Waals surface area contributed by atoms with Gasteiger partial charge in [0.1, 0.15) is 0 Å². The number of anilines is 1. The van der Waals surface area contributed by atoms with Crippen LogP contribution in [0.15, 0.2) is 48.7 Å². The average Bonchev–Trinajstić information content (AvgIpc) is 3.12. The number of benzene rings is 1. The Morgan fingerprint density at radius 2 is 1.87 bits per heavy atom. The molecule has 7 nitrogen and oxygen atoms in total. The lowest BCUT2D eigenvalue weighted by atomic mass is 9.95. The van der Waals surface area contributed by atoms with E-state index in [2.05, 4.69) is 20.3 Å². The van der Waals surface area contributed by atoms with Crippen LogP contribution in [0, 0.1) is 19.8 Å². The molecule has 1 aliphatic rings. The van der Waals surface area contributed by atoms with Gasteiger partial charge >= 0.3 is 0 Å². The maximum absolute atomic E-state index is 12.7. The van der Waals surface area contributed by atoms with Crippen LogP contribution in [0.3, 0.4) is 0 Å². The minimum Gasteiger partial charge on any atom is -0.349 e. The standard InChI is InChI=1S/C23H28N6O/c1-16-15-17(2)29(27-16)21-9-12-24-23(26-21)28-13-10-20(11-14-28)22(30)25-18(3)19-7-5-4-6-8-19/h4-9,12,15,18,20H,10-11,13-14H2,1-3H3,(H,25,30). The minimum atomic E-state index is 0.0116. The molecule has 1 aromatic carbocycles. The van der Waals surface area contributed by atoms with Crippen molar-refractivity contribution >= 4 is 11.9 Å². The first-order valence-corrected chi connectivity index (χ1v) is 10.5. The van der Waals surface area contributed by atoms with Gasteiger partial charge < -0.3 is 10.2 Å². The number of aromatic nitrogens is 4. The van der Waals surface area contributed by atoms with Gasteiger partial charge in [-0.2, -0.15) is 10.1 Å². The Bertz CT molecular complexity index is 1010. The summed E-state index contributed by atoms with van der Waals surface area (Å²) in [5.41, 5.74) is 3.13. The van der Waals surface area contributed by atoms with Gasteiger partial charge in [-0.15, -0.1) is 0 Å². The van der Waals surface area contributed by atoms with Gasteiger partial charge in [-0.05, 0) is 45.2 Å². The van der Waals surface area contributed by atoms with E-state index in [1.807, 2.05) is 67.9 Å². The number of nitrogens with zero attached hydrogens (tertiary/aromatic N) is 5. The van der Waals surface area contributed by atoms with E-state index in [1.165, 1.54) is 0 Å². The maximum atomic E-state index is 12.7. The molecule has 1 N–H and O–H groups in total. The highest BCUT2D eigenvalue weighted by atomic mass is 16.1. The third-order valence-corrected chi connectivity index (χ3v) is 5.66. The Balaban J connectivity index is 1.37. The molecule has 1 saturated heterocycles. The van der Waals surface area contributed by atoms with Crippen LogP contribution in [0.1, 0.15) is 42.8 Å². The fraction of sp³-hybridized carbons (Fsp3) is 0.391. The molecule has 0 radical (unpaired) electrons. The number of nitrogens with one attached hydrogen (secondary N) is 1. The molecule has 0 spiro atoms. The summed E-state index contributed by atoms with van der Waals surface area (Å²) in [6.07, 6.45) is 3.36. The van der Waals surface area contributed by atoms with Crippen molar-refractivity contribution in [2.75, 3.05) is 18.0 Å². The second kappa shape index (κ2) is 8.65. The van der Waals surface area contributed by atoms with Gasteiger partial charge in [-0.25, -0.2) is 9.67 Å². The van der Waals surface area contributed by atoms with Crippen molar-refractivity contribution in [1.29, 1.82) is 0 Å². The average molecular weight is 405 g/mol. The third-order valence-electron chi connectivity index (χ3n) is 5.66. The maximum Gasteiger partial charge on any atom is 0.227 e. The zero-order valence-electron chi connectivity index (χ0n) is 17.7. The molecule has 1 aliphatic heterocycles. The number of rotatable bonds is 5. The van der Waals surface area contributed by atoms with Crippen molar-refractivity contribution in [3.63, 3.8) is 0 Å². The summed E-state index contributed by atoms with van der Waals surface area (Å²) in [5, 5.41) is 7.67. The van der Waals surface area contributed by atoms with Crippen LogP contribution in [0.5, 0.6) is 0 Å². The molecule has 1 amide bonds. The molecule has 0 aliphatic carbocycles. The number of carbonyl (C=O) groups excluding carboxylic acids is 1. The fourth-order valence-electron chi connectivity index (χ4n) is 3.97. The summed E-state index contributed by atoms with van der Waals surface area (Å²) in [6, 6.07) is 14.0. The molecule has 2 aromatic heterocycles. The largest absolute Gasteiger partial charge is 0.349 e. The van der Waals surface area contributed by atoms with Gasteiger partial charge in [0.05, 0.1) is 11.7 Å². The van der Waals surface area contributed by atoms with Crippen LogP contribution < -0.4 is 10.2 Å². The van der Waals surface area contributed by atoms with E-state index in [0.717, 1.165) is 48.7 Å². The van der Waals surface area contributed by atoms with E-state index in [0.29, 0.717) is 5.95 Å². The van der Waals surface area contributed by atoms with Crippen molar-refractivity contribution in [2.45, 2.75) is 39.7 Å². The highest BCUT2D eigenvalue weighted by molar-refractivity contribution is 5.79. The van der Waals surface area contributed by atoms with Gasteiger partial charge in [0.15, 0.2) is 5.82 Å². The van der Waals surface area contributed by atoms with Gasteiger partial charge in [-0.3, -0.25) is 4.79 Å². The molecule has 30 heavy (non-hydrogen) atoms. The van der Waals surface area contributed by atoms with Crippen molar-refractivity contribution in [3.8, 4) is 5.82 Å². The van der Waals surface area contributed by atoms with Gasteiger partial charge in [0.2, 0.25) is 11.9 Å². The molecule has 0 bridgehead atoms. The summed E-state index contributed by atoms with van der Waals surface area (Å²) in [5.74, 6) is 1.61. The third kappa shape index (κ3) is 4.35. The lowest BCUT2D eigenvalue weighted by molar-refractivity contribution is -0.126. The molecular weight excluding hydrogens is 376 g/mol. The quantitative estimate of drug-likeness (QED) is 0.706. The highest BCUT2D eigenvalue weighted by Gasteiger charge is 2.27. The molecule has 3 aromatic rings. The SMILES string of the molecule is Cc1cc(C)n(-c2ccnc(N3CCC(C(=O)NC(C)c4ccccc4)CC3)n2)n1. The minimum absolute atomic E-state index is 0.0116. The zero-order valence-corrected chi connectivity index (χ0v) is 17.7. The van der Waals surface area contributed by atoms with Crippen molar-refractivity contribution < 1.29 is 4.79 Å². The van der Waals surface area contributed by atoms with Crippen LogP contribution in [0.25, 0.3) is 5.82 Å². The van der Waals surface area contributed by atoms with Crippen LogP contribution in [-0.2, 0) is 4.79 Å². The molecule has 1 unspecified atom stereocenters. The summed E-state index contributed by atoms with van der Waals surface area (Å²) in [6.45, 7) is 7.54. The van der Waals surface area contributed by atoms with Crippen LogP contribution in [0.4, 0.5) is 5.95 Å². The van der Waals surface area contributed by atoms with E-state index in [1.54, 1.807) is 6.20 Å². The Labute approximate surface area is 177 Å². The van der Waals surface area contributed by atoms with Gasteiger partial charge in [0.25, 0.3) is 0 Å². The predicted octanol–water partition coefficient (Wildman–Crippen LogP) is 3.37. The molecule has 0 saturated carbocycles. The molecule has 1 atom stereocenters. The summed E-state index contributed by atoms with van der Waals surface area (Å²) in [7, 11) is 0. The second-order valence-corrected chi connectivity index (χ2v) is 7.96. The summed E-state index contributed by atoms with van der Waals surface area (Å²) < 4.78 is 1.84. The smallest absolute Gasteiger partial charge is 0.227 e. The van der Waals surface area contributed by atoms with Crippen molar-refractivity contribution in [2.24, 2.45) is 5.92 Å². The molecule has 7 heteroatoms. The number of amides is 1. The number of hydrogen-bond acceptors (Lipinski definition) is 5. The van der Waals surface area contributed by atoms with Crippen LogP contribution >= 0.6 is 0 Å². The van der Waals surface area contributed by atoms with E-state index in [4.69, 9.17) is 4.98 Å². The van der Waals surface area contributed by atoms with E-state index >= 15 is 0 Å². The highest BCUT2D eigenvalue weighted by Crippen LogP contribution is 2.23. The lowest BCUT2D eigenvalue weighted by Gasteiger charge is -2.32. The first-order valence-electron chi connectivity index (χ1n) is 10.5. The Morgan fingerprint density at radius 1 is 1.13 bits per heavy atom. The Kier molecular flexibility index (Phi) is 5.79. The molecule has 1 fully saturated rings. The van der Waals surface area contributed by atoms with Crippen molar-refractivity contribution in [3.05, 3.63) is 65.6 Å². The monoisotopic (exact) mass is 404 g/mol. The first kappa shape index (κ1) is 20.1. The second-order valence-electron chi connectivity index (χ2n) is 7.96. The Morgan fingerprint density at radius 3 is 2.53 bits per heavy atom. The number of carbonyl (C=O) groups is 1. The van der Waals surface area contributed by atoms with Crippen molar-refractivity contribution in [1.82, 2.24) is 25.1 Å². The van der Waals surface area contributed by atoms with E-state index in [9.17, 15) is 4.79 Å².